The first-order valence-corrected chi connectivity index (χ1v) is 9.31. The van der Waals surface area contributed by atoms with Gasteiger partial charge in [-0.1, -0.05) is 31.4 Å². The molecule has 0 spiro atoms. The number of benzene rings is 1. The quantitative estimate of drug-likeness (QED) is 0.856. The van der Waals surface area contributed by atoms with Crippen molar-refractivity contribution in [1.29, 1.82) is 0 Å². The summed E-state index contributed by atoms with van der Waals surface area (Å²) in [6.07, 6.45) is 7.64. The molecular formula is C16H22FNO2S. The summed E-state index contributed by atoms with van der Waals surface area (Å²) in [6.45, 7) is 0.526. The topological polar surface area (TPSA) is 37.4 Å². The molecule has 3 rings (SSSR count). The molecular weight excluding hydrogens is 289 g/mol. The molecule has 3 nitrogen and oxygen atoms in total. The van der Waals surface area contributed by atoms with E-state index in [0.717, 1.165) is 25.7 Å². The zero-order valence-electron chi connectivity index (χ0n) is 12.2. The normalized spacial score (nSPS) is 25.3. The Morgan fingerprint density at radius 1 is 1.00 bits per heavy atom. The maximum atomic E-state index is 13.9. The average Bonchev–Trinajstić information content (AvgIpc) is 2.99. The van der Waals surface area contributed by atoms with Gasteiger partial charge in [0.15, 0.2) is 0 Å². The van der Waals surface area contributed by atoms with Crippen LogP contribution in [0.5, 0.6) is 0 Å². The molecule has 21 heavy (non-hydrogen) atoms. The summed E-state index contributed by atoms with van der Waals surface area (Å²) in [4.78, 5) is -0.173. The van der Waals surface area contributed by atoms with Crippen molar-refractivity contribution in [3.05, 3.63) is 30.1 Å². The van der Waals surface area contributed by atoms with E-state index in [1.165, 1.54) is 37.5 Å². The molecule has 1 unspecified atom stereocenters. The molecule has 1 aliphatic carbocycles. The van der Waals surface area contributed by atoms with E-state index in [4.69, 9.17) is 0 Å². The zero-order valence-corrected chi connectivity index (χ0v) is 13.0. The van der Waals surface area contributed by atoms with Gasteiger partial charge in [-0.25, -0.2) is 12.8 Å². The Balaban J connectivity index is 1.89. The smallest absolute Gasteiger partial charge is 0.207 e. The van der Waals surface area contributed by atoms with Gasteiger partial charge in [-0.2, -0.15) is 4.31 Å². The molecule has 2 aliphatic rings. The Morgan fingerprint density at radius 3 is 2.43 bits per heavy atom. The van der Waals surface area contributed by atoms with Gasteiger partial charge < -0.3 is 0 Å². The van der Waals surface area contributed by atoms with E-state index in [1.807, 2.05) is 0 Å². The van der Waals surface area contributed by atoms with E-state index < -0.39 is 15.8 Å². The molecule has 1 saturated heterocycles. The van der Waals surface area contributed by atoms with Gasteiger partial charge in [-0.15, -0.1) is 0 Å². The fourth-order valence-electron chi connectivity index (χ4n) is 3.83. The minimum absolute atomic E-state index is 0.0647. The molecule has 5 heteroatoms. The Bertz CT molecular complexity index is 596. The lowest BCUT2D eigenvalue weighted by Crippen LogP contribution is -2.41. The Morgan fingerprint density at radius 2 is 1.71 bits per heavy atom. The number of sulfonamides is 1. The lowest BCUT2D eigenvalue weighted by molar-refractivity contribution is 0.226. The monoisotopic (exact) mass is 311 g/mol. The molecule has 0 N–H and O–H groups in total. The van der Waals surface area contributed by atoms with E-state index in [-0.39, 0.29) is 10.9 Å². The Kier molecular flexibility index (Phi) is 4.31. The summed E-state index contributed by atoms with van der Waals surface area (Å²) in [7, 11) is -3.71. The Hall–Kier alpha value is -0.940. The third-order valence-electron chi connectivity index (χ3n) is 4.87. The largest absolute Gasteiger partial charge is 0.246 e. The van der Waals surface area contributed by atoms with Gasteiger partial charge in [-0.3, -0.25) is 0 Å². The van der Waals surface area contributed by atoms with Gasteiger partial charge >= 0.3 is 0 Å². The SMILES string of the molecule is O=S(=O)(c1ccccc1F)N1CCCC1C1CCCCC1. The van der Waals surface area contributed by atoms with Crippen LogP contribution in [0.1, 0.15) is 44.9 Å². The number of nitrogens with zero attached hydrogens (tertiary/aromatic N) is 1. The molecule has 0 aromatic heterocycles. The summed E-state index contributed by atoms with van der Waals surface area (Å²) >= 11 is 0. The fourth-order valence-corrected chi connectivity index (χ4v) is 5.66. The standard InChI is InChI=1S/C16H22FNO2S/c17-14-9-4-5-11-16(14)21(19,20)18-12-6-10-15(18)13-7-2-1-3-8-13/h4-5,9,11,13,15H,1-3,6-8,10,12H2. The average molecular weight is 311 g/mol. The predicted octanol–water partition coefficient (Wildman–Crippen LogP) is 3.56. The van der Waals surface area contributed by atoms with Gasteiger partial charge in [0.1, 0.15) is 10.7 Å². The van der Waals surface area contributed by atoms with Crippen LogP contribution in [0, 0.1) is 11.7 Å². The van der Waals surface area contributed by atoms with Crippen molar-refractivity contribution in [2.24, 2.45) is 5.92 Å². The van der Waals surface area contributed by atoms with Crippen molar-refractivity contribution >= 4 is 10.0 Å². The van der Waals surface area contributed by atoms with Crippen LogP contribution in [0.15, 0.2) is 29.2 Å². The molecule has 1 heterocycles. The van der Waals surface area contributed by atoms with Crippen molar-refractivity contribution in [3.63, 3.8) is 0 Å². The molecule has 1 aliphatic heterocycles. The van der Waals surface area contributed by atoms with E-state index in [2.05, 4.69) is 0 Å². The molecule has 1 atom stereocenters. The van der Waals surface area contributed by atoms with Crippen LogP contribution in [0.3, 0.4) is 0 Å². The molecule has 0 bridgehead atoms. The summed E-state index contributed by atoms with van der Waals surface area (Å²) in [5.74, 6) is -0.199. The zero-order chi connectivity index (χ0) is 14.9. The van der Waals surface area contributed by atoms with Crippen LogP contribution in [0.4, 0.5) is 4.39 Å². The third kappa shape index (κ3) is 2.86. The van der Waals surface area contributed by atoms with Crippen LogP contribution in [0.2, 0.25) is 0 Å². The maximum Gasteiger partial charge on any atom is 0.246 e. The second kappa shape index (κ2) is 6.05. The first kappa shape index (κ1) is 15.0. The van der Waals surface area contributed by atoms with Gasteiger partial charge in [0.05, 0.1) is 0 Å². The van der Waals surface area contributed by atoms with E-state index in [0.29, 0.717) is 12.5 Å². The lowest BCUT2D eigenvalue weighted by Gasteiger charge is -2.33. The highest BCUT2D eigenvalue weighted by Gasteiger charge is 2.40. The summed E-state index contributed by atoms with van der Waals surface area (Å²) < 4.78 is 41.1. The number of hydrogen-bond donors (Lipinski definition) is 0. The summed E-state index contributed by atoms with van der Waals surface area (Å²) in [5, 5.41) is 0. The minimum Gasteiger partial charge on any atom is -0.207 e. The molecule has 1 aromatic carbocycles. The van der Waals surface area contributed by atoms with Crippen LogP contribution < -0.4 is 0 Å². The molecule has 0 amide bonds. The van der Waals surface area contributed by atoms with Crippen LogP contribution in [0.25, 0.3) is 0 Å². The van der Waals surface area contributed by atoms with Gasteiger partial charge in [-0.05, 0) is 43.7 Å². The van der Waals surface area contributed by atoms with Gasteiger partial charge in [0.2, 0.25) is 10.0 Å². The van der Waals surface area contributed by atoms with Crippen molar-refractivity contribution < 1.29 is 12.8 Å². The molecule has 0 radical (unpaired) electrons. The third-order valence-corrected chi connectivity index (χ3v) is 6.82. The second-order valence-corrected chi connectivity index (χ2v) is 8.01. The van der Waals surface area contributed by atoms with Gasteiger partial charge in [0, 0.05) is 12.6 Å². The molecule has 116 valence electrons. The first-order valence-electron chi connectivity index (χ1n) is 7.87. The van der Waals surface area contributed by atoms with Crippen molar-refractivity contribution in [2.45, 2.75) is 55.9 Å². The Labute approximate surface area is 126 Å². The fraction of sp³-hybridized carbons (Fsp3) is 0.625. The predicted molar refractivity (Wildman–Crippen MR) is 79.9 cm³/mol. The number of halogens is 1. The van der Waals surface area contributed by atoms with Crippen LogP contribution >= 0.6 is 0 Å². The highest BCUT2D eigenvalue weighted by molar-refractivity contribution is 7.89. The van der Waals surface area contributed by atoms with Crippen LogP contribution in [-0.2, 0) is 10.0 Å². The maximum absolute atomic E-state index is 13.9. The lowest BCUT2D eigenvalue weighted by atomic mass is 9.83. The second-order valence-electron chi connectivity index (χ2n) is 6.15. The molecule has 1 aromatic rings. The summed E-state index contributed by atoms with van der Waals surface area (Å²) in [6, 6.07) is 5.77. The number of hydrogen-bond acceptors (Lipinski definition) is 2. The van der Waals surface area contributed by atoms with Gasteiger partial charge in [0.25, 0.3) is 0 Å². The summed E-state index contributed by atoms with van der Waals surface area (Å²) in [5.41, 5.74) is 0. The van der Waals surface area contributed by atoms with E-state index >= 15 is 0 Å². The molecule has 2 fully saturated rings. The van der Waals surface area contributed by atoms with Crippen molar-refractivity contribution in [3.8, 4) is 0 Å². The number of rotatable bonds is 3. The minimum atomic E-state index is -3.71. The van der Waals surface area contributed by atoms with E-state index in [9.17, 15) is 12.8 Å². The highest BCUT2D eigenvalue weighted by Crippen LogP contribution is 2.37. The highest BCUT2D eigenvalue weighted by atomic mass is 32.2. The van der Waals surface area contributed by atoms with Crippen molar-refractivity contribution in [2.75, 3.05) is 6.54 Å². The van der Waals surface area contributed by atoms with Crippen LogP contribution in [-0.4, -0.2) is 25.3 Å². The van der Waals surface area contributed by atoms with E-state index in [1.54, 1.807) is 10.4 Å². The molecule has 1 saturated carbocycles. The van der Waals surface area contributed by atoms with Crippen molar-refractivity contribution in [1.82, 2.24) is 4.31 Å². The first-order chi connectivity index (χ1) is 10.1.